The molecule has 0 unspecified atom stereocenters. The quantitative estimate of drug-likeness (QED) is 0.442. The molecule has 2 aliphatic heterocycles. The molecule has 4 aromatic rings. The number of hydrogen-bond donors (Lipinski definition) is 0. The van der Waals surface area contributed by atoms with Crippen molar-refractivity contribution in [2.75, 3.05) is 44.7 Å². The Balaban J connectivity index is 0.00000228. The fourth-order valence-corrected chi connectivity index (χ4v) is 6.32. The lowest BCUT2D eigenvalue weighted by atomic mass is 10.1. The average Bonchev–Trinajstić information content (AvgIpc) is 3.20. The van der Waals surface area contributed by atoms with Gasteiger partial charge in [-0.15, -0.1) is 12.4 Å². The summed E-state index contributed by atoms with van der Waals surface area (Å²) in [6.45, 7) is 4.72. The van der Waals surface area contributed by atoms with Gasteiger partial charge in [-0.1, -0.05) is 36.4 Å². The highest BCUT2D eigenvalue weighted by Crippen LogP contribution is 2.39. The molecule has 0 atom stereocenters. The molecule has 1 saturated heterocycles. The van der Waals surface area contributed by atoms with E-state index < -0.39 is 9.84 Å². The van der Waals surface area contributed by atoms with E-state index in [2.05, 4.69) is 21.9 Å². The van der Waals surface area contributed by atoms with Crippen LogP contribution >= 0.6 is 12.4 Å². The highest BCUT2D eigenvalue weighted by molar-refractivity contribution is 7.91. The Bertz CT molecular complexity index is 1450. The first-order valence-corrected chi connectivity index (χ1v) is 12.3. The lowest BCUT2D eigenvalue weighted by molar-refractivity contribution is 0.277. The second kappa shape index (κ2) is 8.20. The fraction of sp³-hybridized carbons (Fsp3) is 0.292. The van der Waals surface area contributed by atoms with Crippen molar-refractivity contribution in [1.29, 1.82) is 0 Å². The van der Waals surface area contributed by atoms with Gasteiger partial charge in [0.05, 0.1) is 11.4 Å². The maximum Gasteiger partial charge on any atom is 0.226 e. The molecule has 0 radical (unpaired) electrons. The Labute approximate surface area is 198 Å². The maximum absolute atomic E-state index is 13.9. The van der Waals surface area contributed by atoms with Crippen LogP contribution in [0, 0.1) is 0 Å². The highest BCUT2D eigenvalue weighted by atomic mass is 35.5. The summed E-state index contributed by atoms with van der Waals surface area (Å²) >= 11 is 0. The molecular weight excluding hydrogens is 460 g/mol. The van der Waals surface area contributed by atoms with Crippen LogP contribution in [0.15, 0.2) is 64.5 Å². The molecule has 7 nitrogen and oxygen atoms in total. The summed E-state index contributed by atoms with van der Waals surface area (Å²) in [5.41, 5.74) is 1.74. The third kappa shape index (κ3) is 3.53. The topological polar surface area (TPSA) is 67.7 Å². The van der Waals surface area contributed by atoms with E-state index in [4.69, 9.17) is 4.74 Å². The van der Waals surface area contributed by atoms with Gasteiger partial charge < -0.3 is 14.5 Å². The van der Waals surface area contributed by atoms with Gasteiger partial charge in [-0.25, -0.2) is 8.42 Å². The van der Waals surface area contributed by atoms with Crippen LogP contribution in [0.2, 0.25) is 0 Å². The van der Waals surface area contributed by atoms with Gasteiger partial charge in [0.25, 0.3) is 0 Å². The van der Waals surface area contributed by atoms with Gasteiger partial charge in [-0.05, 0) is 24.6 Å². The summed E-state index contributed by atoms with van der Waals surface area (Å²) in [5, 5.41) is 6.93. The molecule has 172 valence electrons. The number of aromatic nitrogens is 2. The maximum atomic E-state index is 13.9. The standard InChI is InChI=1S/C24H24N4O3S.ClH/c1-26-9-11-27(12-10-26)18-15-20-23-21(16-18)31-14-13-28(23)25-24(20)32(29,30)22-8-4-6-17-5-2-3-7-19(17)22;/h2-8,15-16H,9-14H2,1H3;1H. The number of ether oxygens (including phenoxy) is 1. The molecule has 3 heterocycles. The summed E-state index contributed by atoms with van der Waals surface area (Å²) in [5.74, 6) is 0.703. The van der Waals surface area contributed by atoms with Gasteiger partial charge in [0.15, 0.2) is 5.03 Å². The Kier molecular flexibility index (Phi) is 5.47. The first-order valence-electron chi connectivity index (χ1n) is 10.9. The van der Waals surface area contributed by atoms with Gasteiger partial charge in [-0.2, -0.15) is 5.10 Å². The van der Waals surface area contributed by atoms with Crippen LogP contribution in [0.3, 0.4) is 0 Å². The summed E-state index contributed by atoms with van der Waals surface area (Å²) in [4.78, 5) is 4.87. The molecule has 1 aromatic heterocycles. The lowest BCUT2D eigenvalue weighted by Gasteiger charge is -2.34. The summed E-state index contributed by atoms with van der Waals surface area (Å²) in [7, 11) is -1.72. The first-order chi connectivity index (χ1) is 15.5. The van der Waals surface area contributed by atoms with Gasteiger partial charge in [-0.3, -0.25) is 4.68 Å². The van der Waals surface area contributed by atoms with Crippen LogP contribution < -0.4 is 9.64 Å². The molecular formula is C24H25ClN4O3S. The number of rotatable bonds is 3. The highest BCUT2D eigenvalue weighted by Gasteiger charge is 2.31. The van der Waals surface area contributed by atoms with E-state index in [-0.39, 0.29) is 22.3 Å². The fourth-order valence-electron chi connectivity index (χ4n) is 4.73. The number of halogens is 1. The van der Waals surface area contributed by atoms with Crippen LogP contribution in [-0.4, -0.2) is 62.9 Å². The van der Waals surface area contributed by atoms with Gasteiger partial charge >= 0.3 is 0 Å². The third-order valence-electron chi connectivity index (χ3n) is 6.48. The van der Waals surface area contributed by atoms with Crippen molar-refractivity contribution in [3.63, 3.8) is 0 Å². The zero-order valence-corrected chi connectivity index (χ0v) is 19.9. The molecule has 6 rings (SSSR count). The molecule has 0 bridgehead atoms. The molecule has 9 heteroatoms. The largest absolute Gasteiger partial charge is 0.489 e. The van der Waals surface area contributed by atoms with Crippen LogP contribution in [0.1, 0.15) is 0 Å². The van der Waals surface area contributed by atoms with Crippen molar-refractivity contribution in [2.24, 2.45) is 0 Å². The van der Waals surface area contributed by atoms with E-state index in [0.717, 1.165) is 42.8 Å². The number of anilines is 1. The summed E-state index contributed by atoms with van der Waals surface area (Å²) in [6, 6.07) is 16.9. The van der Waals surface area contributed by atoms with Gasteiger partial charge in [0.1, 0.15) is 17.9 Å². The molecule has 0 N–H and O–H groups in total. The van der Waals surface area contributed by atoms with Crippen LogP contribution in [0.4, 0.5) is 5.69 Å². The Morgan fingerprint density at radius 3 is 2.48 bits per heavy atom. The molecule has 1 fully saturated rings. The number of hydrogen-bond acceptors (Lipinski definition) is 6. The van der Waals surface area contributed by atoms with E-state index in [1.165, 1.54) is 0 Å². The Morgan fingerprint density at radius 1 is 0.909 bits per heavy atom. The predicted octanol–water partition coefficient (Wildman–Crippen LogP) is 3.59. The molecule has 0 aliphatic carbocycles. The van der Waals surface area contributed by atoms with Crippen LogP contribution in [-0.2, 0) is 16.4 Å². The van der Waals surface area contributed by atoms with Crippen molar-refractivity contribution in [3.8, 4) is 5.75 Å². The molecule has 0 saturated carbocycles. The van der Waals surface area contributed by atoms with Gasteiger partial charge in [0.2, 0.25) is 9.84 Å². The second-order valence-corrected chi connectivity index (χ2v) is 10.3. The average molecular weight is 485 g/mol. The van der Waals surface area contributed by atoms with Crippen molar-refractivity contribution < 1.29 is 13.2 Å². The van der Waals surface area contributed by atoms with E-state index in [1.807, 2.05) is 42.5 Å². The van der Waals surface area contributed by atoms with Crippen molar-refractivity contribution in [1.82, 2.24) is 14.7 Å². The number of sulfone groups is 1. The van der Waals surface area contributed by atoms with Crippen LogP contribution in [0.5, 0.6) is 5.75 Å². The minimum atomic E-state index is -3.84. The van der Waals surface area contributed by atoms with Crippen molar-refractivity contribution in [3.05, 3.63) is 54.6 Å². The molecule has 2 aliphatic rings. The molecule has 0 spiro atoms. The summed E-state index contributed by atoms with van der Waals surface area (Å²) in [6.07, 6.45) is 0. The first kappa shape index (κ1) is 22.0. The number of nitrogens with zero attached hydrogens (tertiary/aromatic N) is 4. The van der Waals surface area contributed by atoms with E-state index in [0.29, 0.717) is 29.7 Å². The van der Waals surface area contributed by atoms with E-state index >= 15 is 0 Å². The zero-order chi connectivity index (χ0) is 21.9. The number of benzene rings is 3. The third-order valence-corrected chi connectivity index (χ3v) is 8.23. The second-order valence-electron chi connectivity index (χ2n) is 8.49. The number of fused-ring (bicyclic) bond motifs is 1. The van der Waals surface area contributed by atoms with Crippen molar-refractivity contribution >= 4 is 49.6 Å². The number of likely N-dealkylation sites (N-methyl/N-ethyl adjacent to an activating group) is 1. The predicted molar refractivity (Wildman–Crippen MR) is 132 cm³/mol. The minimum Gasteiger partial charge on any atom is -0.489 e. The normalized spacial score (nSPS) is 16.6. The molecule has 0 amide bonds. The van der Waals surface area contributed by atoms with Crippen molar-refractivity contribution in [2.45, 2.75) is 16.5 Å². The zero-order valence-electron chi connectivity index (χ0n) is 18.3. The SMILES string of the molecule is CN1CCN(c2cc3c4c(c2)c(S(=O)(=O)c2cccc5ccccc25)nn4CCO3)CC1.Cl. The Morgan fingerprint density at radius 2 is 1.67 bits per heavy atom. The summed E-state index contributed by atoms with van der Waals surface area (Å²) < 4.78 is 35.6. The van der Waals surface area contributed by atoms with Gasteiger partial charge in [0, 0.05) is 48.7 Å². The molecule has 3 aromatic carbocycles. The smallest absolute Gasteiger partial charge is 0.226 e. The Hall–Kier alpha value is -2.81. The lowest BCUT2D eigenvalue weighted by Crippen LogP contribution is -2.44. The monoisotopic (exact) mass is 484 g/mol. The van der Waals surface area contributed by atoms with E-state index in [1.54, 1.807) is 16.8 Å². The molecule has 33 heavy (non-hydrogen) atoms. The van der Waals surface area contributed by atoms with E-state index in [9.17, 15) is 8.42 Å². The minimum absolute atomic E-state index is 0. The number of piperazine rings is 1. The van der Waals surface area contributed by atoms with Crippen LogP contribution in [0.25, 0.3) is 21.7 Å².